The smallest absolute Gasteiger partial charge is 0.229 e. The van der Waals surface area contributed by atoms with Gasteiger partial charge in [0.1, 0.15) is 5.82 Å². The van der Waals surface area contributed by atoms with Crippen LogP contribution in [0.25, 0.3) is 10.9 Å². The van der Waals surface area contributed by atoms with Crippen LogP contribution in [-0.4, -0.2) is 66.4 Å². The van der Waals surface area contributed by atoms with E-state index in [4.69, 9.17) is 9.97 Å². The summed E-state index contributed by atoms with van der Waals surface area (Å²) in [4.78, 5) is 19.5. The van der Waals surface area contributed by atoms with Crippen molar-refractivity contribution in [1.82, 2.24) is 19.9 Å². The normalized spacial score (nSPS) is 16.0. The number of piperidine rings is 1. The molecule has 6 rings (SSSR count). The molecule has 2 aromatic carbocycles. The number of nitrogens with one attached hydrogen (secondary N) is 2. The van der Waals surface area contributed by atoms with Gasteiger partial charge in [-0.25, -0.2) is 4.98 Å². The lowest BCUT2D eigenvalue weighted by atomic mass is 9.99. The van der Waals surface area contributed by atoms with E-state index in [0.717, 1.165) is 46.7 Å². The van der Waals surface area contributed by atoms with Gasteiger partial charge in [0.15, 0.2) is 0 Å². The molecule has 0 radical (unpaired) electrons. The Bertz CT molecular complexity index is 1630. The molecule has 0 amide bonds. The summed E-state index contributed by atoms with van der Waals surface area (Å²) >= 11 is 3.69. The number of hydrogen-bond donors (Lipinski definition) is 2. The van der Waals surface area contributed by atoms with Crippen molar-refractivity contribution in [2.75, 3.05) is 56.0 Å². The number of hydrogen-bond acceptors (Lipinski definition) is 7. The first-order valence-electron chi connectivity index (χ1n) is 15.4. The molecule has 2 fully saturated rings. The van der Waals surface area contributed by atoms with E-state index in [0.29, 0.717) is 17.9 Å². The monoisotopic (exact) mass is 659 g/mol. The highest BCUT2D eigenvalue weighted by atomic mass is 79.9. The molecule has 2 aromatic heterocycles. The zero-order chi connectivity index (χ0) is 30.2. The highest BCUT2D eigenvalue weighted by Gasteiger charge is 2.26. The molecule has 43 heavy (non-hydrogen) atoms. The van der Waals surface area contributed by atoms with E-state index in [-0.39, 0.29) is 7.92 Å². The second-order valence-electron chi connectivity index (χ2n) is 12.4. The molecule has 0 atom stereocenters. The number of pyridine rings is 1. The molecular formula is C34H43BrN7P. The summed E-state index contributed by atoms with van der Waals surface area (Å²) in [6.45, 7) is 11.2. The second-order valence-corrected chi connectivity index (χ2v) is 15.5. The quantitative estimate of drug-likeness (QED) is 0.177. The van der Waals surface area contributed by atoms with Crippen molar-refractivity contribution in [3.8, 4) is 0 Å². The number of fused-ring (bicyclic) bond motifs is 1. The van der Waals surface area contributed by atoms with Gasteiger partial charge in [-0.1, -0.05) is 20.9 Å². The first-order chi connectivity index (χ1) is 20.7. The van der Waals surface area contributed by atoms with E-state index < -0.39 is 0 Å². The lowest BCUT2D eigenvalue weighted by molar-refractivity contribution is 0.249. The van der Waals surface area contributed by atoms with Crippen LogP contribution in [0.3, 0.4) is 0 Å². The van der Waals surface area contributed by atoms with Gasteiger partial charge in [0.2, 0.25) is 5.95 Å². The third-order valence-corrected chi connectivity index (χ3v) is 10.8. The maximum absolute atomic E-state index is 5.01. The van der Waals surface area contributed by atoms with Crippen LogP contribution < -0.4 is 20.8 Å². The zero-order valence-electron chi connectivity index (χ0n) is 26.2. The van der Waals surface area contributed by atoms with Gasteiger partial charge in [0, 0.05) is 64.7 Å². The van der Waals surface area contributed by atoms with Crippen molar-refractivity contribution in [1.29, 1.82) is 0 Å². The average molecular weight is 661 g/mol. The van der Waals surface area contributed by atoms with E-state index in [2.05, 4.69) is 119 Å². The number of halogens is 1. The molecule has 2 aliphatic rings. The topological polar surface area (TPSA) is 69.2 Å². The maximum atomic E-state index is 5.01. The summed E-state index contributed by atoms with van der Waals surface area (Å²) in [5, 5.41) is 9.70. The summed E-state index contributed by atoms with van der Waals surface area (Å²) in [5.41, 5.74) is 8.34. The SMILES string of the molecule is CCc1cc(Nc2ncc(Br)c(Nc3ccc4nc(C5CC5)ccc4c3P(C)C)n2)c(C)cc1N1CCC(N(C)C)CC1. The number of nitrogens with zero attached hydrogens (tertiary/aromatic N) is 5. The third kappa shape index (κ3) is 6.52. The summed E-state index contributed by atoms with van der Waals surface area (Å²) < 4.78 is 0.824. The van der Waals surface area contributed by atoms with Crippen LogP contribution in [-0.2, 0) is 6.42 Å². The Morgan fingerprint density at radius 2 is 1.74 bits per heavy atom. The largest absolute Gasteiger partial charge is 0.371 e. The fraction of sp³-hybridized carbons (Fsp3) is 0.441. The molecule has 0 unspecified atom stereocenters. The minimum atomic E-state index is -0.387. The molecule has 0 bridgehead atoms. The Morgan fingerprint density at radius 3 is 2.42 bits per heavy atom. The number of rotatable bonds is 9. The summed E-state index contributed by atoms with van der Waals surface area (Å²) in [6.07, 6.45) is 7.72. The Kier molecular flexibility index (Phi) is 8.91. The molecule has 0 spiro atoms. The molecule has 9 heteroatoms. The predicted molar refractivity (Wildman–Crippen MR) is 188 cm³/mol. The van der Waals surface area contributed by atoms with Gasteiger partial charge in [-0.2, -0.15) is 4.98 Å². The zero-order valence-corrected chi connectivity index (χ0v) is 28.7. The summed E-state index contributed by atoms with van der Waals surface area (Å²) in [5.74, 6) is 1.96. The van der Waals surface area contributed by atoms with Gasteiger partial charge in [-0.05, 0) is 124 Å². The van der Waals surface area contributed by atoms with Gasteiger partial charge in [0.25, 0.3) is 0 Å². The van der Waals surface area contributed by atoms with Gasteiger partial charge in [-0.3, -0.25) is 4.98 Å². The van der Waals surface area contributed by atoms with Crippen LogP contribution in [0, 0.1) is 6.92 Å². The number of aromatic nitrogens is 3. The molecule has 3 heterocycles. The molecule has 226 valence electrons. The first kappa shape index (κ1) is 30.2. The van der Waals surface area contributed by atoms with E-state index >= 15 is 0 Å². The second kappa shape index (κ2) is 12.7. The number of benzene rings is 2. The summed E-state index contributed by atoms with van der Waals surface area (Å²) in [6, 6.07) is 14.1. The van der Waals surface area contributed by atoms with Crippen LogP contribution in [0.15, 0.2) is 47.1 Å². The van der Waals surface area contributed by atoms with Crippen molar-refractivity contribution in [2.45, 2.75) is 57.9 Å². The van der Waals surface area contributed by atoms with Gasteiger partial charge >= 0.3 is 0 Å². The lowest BCUT2D eigenvalue weighted by Gasteiger charge is -2.37. The van der Waals surface area contributed by atoms with Crippen molar-refractivity contribution in [3.05, 3.63) is 63.9 Å². The number of anilines is 5. The van der Waals surface area contributed by atoms with Gasteiger partial charge < -0.3 is 20.4 Å². The maximum Gasteiger partial charge on any atom is 0.229 e. The minimum Gasteiger partial charge on any atom is -0.371 e. The van der Waals surface area contributed by atoms with E-state index in [9.17, 15) is 0 Å². The number of aryl methyl sites for hydroxylation is 2. The van der Waals surface area contributed by atoms with Crippen LogP contribution in [0.5, 0.6) is 0 Å². The molecule has 2 N–H and O–H groups in total. The first-order valence-corrected chi connectivity index (χ1v) is 18.5. The molecule has 1 saturated carbocycles. The van der Waals surface area contributed by atoms with Crippen LogP contribution >= 0.6 is 23.9 Å². The Balaban J connectivity index is 1.25. The van der Waals surface area contributed by atoms with E-state index in [1.165, 1.54) is 58.9 Å². The average Bonchev–Trinajstić information content (AvgIpc) is 3.85. The molecule has 1 aliphatic carbocycles. The highest BCUT2D eigenvalue weighted by molar-refractivity contribution is 9.10. The van der Waals surface area contributed by atoms with Crippen LogP contribution in [0.2, 0.25) is 0 Å². The molecule has 1 aliphatic heterocycles. The molecule has 4 aromatic rings. The fourth-order valence-corrected chi connectivity index (χ4v) is 7.80. The van der Waals surface area contributed by atoms with Crippen molar-refractivity contribution < 1.29 is 0 Å². The molecule has 7 nitrogen and oxygen atoms in total. The van der Waals surface area contributed by atoms with Crippen molar-refractivity contribution in [2.24, 2.45) is 0 Å². The van der Waals surface area contributed by atoms with Crippen LogP contribution in [0.1, 0.15) is 55.3 Å². The Hall–Kier alpha value is -2.80. The van der Waals surface area contributed by atoms with Crippen LogP contribution in [0.4, 0.5) is 28.8 Å². The van der Waals surface area contributed by atoms with Gasteiger partial charge in [-0.15, -0.1) is 0 Å². The fourth-order valence-electron chi connectivity index (χ4n) is 6.23. The van der Waals surface area contributed by atoms with Crippen molar-refractivity contribution in [3.63, 3.8) is 0 Å². The standard InChI is InChI=1S/C34H43BrN7P/c1-7-22-19-30(21(2)18-31(22)42-16-14-24(15-17-42)41(3)4)39-34-36-20-26(35)33(40-34)38-29-13-12-28-25(32(29)43(5)6)10-11-27(37-28)23-8-9-23/h10-13,18-20,23-24H,7-9,14-17H2,1-6H3,(H2,36,38,39,40). The third-order valence-electron chi connectivity index (χ3n) is 8.89. The van der Waals surface area contributed by atoms with Gasteiger partial charge in [0.05, 0.1) is 9.99 Å². The predicted octanol–water partition coefficient (Wildman–Crippen LogP) is 7.92. The molecular weight excluding hydrogens is 617 g/mol. The Morgan fingerprint density at radius 1 is 0.977 bits per heavy atom. The minimum absolute atomic E-state index is 0.387. The summed E-state index contributed by atoms with van der Waals surface area (Å²) in [7, 11) is 4.00. The lowest BCUT2D eigenvalue weighted by Crippen LogP contribution is -2.42. The Labute approximate surface area is 265 Å². The van der Waals surface area contributed by atoms with E-state index in [1.54, 1.807) is 0 Å². The highest BCUT2D eigenvalue weighted by Crippen LogP contribution is 2.41. The molecule has 1 saturated heterocycles. The van der Waals surface area contributed by atoms with Crippen molar-refractivity contribution >= 4 is 68.9 Å². The van der Waals surface area contributed by atoms with E-state index in [1.807, 2.05) is 6.20 Å².